The van der Waals surface area contributed by atoms with E-state index in [4.69, 9.17) is 5.26 Å². The van der Waals surface area contributed by atoms with Gasteiger partial charge >= 0.3 is 0 Å². The molecule has 0 bridgehead atoms. The van der Waals surface area contributed by atoms with E-state index in [2.05, 4.69) is 16.4 Å². The average molecular weight is 233 g/mol. The summed E-state index contributed by atoms with van der Waals surface area (Å²) < 4.78 is 0. The smallest absolute Gasteiger partial charge is 0.143 e. The van der Waals surface area contributed by atoms with Crippen LogP contribution < -0.4 is 5.32 Å². The van der Waals surface area contributed by atoms with Gasteiger partial charge in [-0.05, 0) is 30.7 Å². The molecule has 16 heavy (non-hydrogen) atoms. The Morgan fingerprint density at radius 1 is 1.56 bits per heavy atom. The van der Waals surface area contributed by atoms with Crippen molar-refractivity contribution in [3.05, 3.63) is 23.9 Å². The van der Waals surface area contributed by atoms with E-state index in [9.17, 15) is 0 Å². The van der Waals surface area contributed by atoms with Crippen LogP contribution in [0.4, 0.5) is 5.82 Å². The summed E-state index contributed by atoms with van der Waals surface area (Å²) in [6.07, 6.45) is 5.66. The van der Waals surface area contributed by atoms with E-state index in [0.29, 0.717) is 10.8 Å². The van der Waals surface area contributed by atoms with Crippen molar-refractivity contribution in [1.29, 1.82) is 5.26 Å². The van der Waals surface area contributed by atoms with Gasteiger partial charge in [0.1, 0.15) is 11.9 Å². The van der Waals surface area contributed by atoms with Crippen LogP contribution in [-0.2, 0) is 0 Å². The zero-order valence-electron chi connectivity index (χ0n) is 9.15. The van der Waals surface area contributed by atoms with E-state index >= 15 is 0 Å². The summed E-state index contributed by atoms with van der Waals surface area (Å²) in [5.41, 5.74) is 0.628. The topological polar surface area (TPSA) is 48.7 Å². The van der Waals surface area contributed by atoms with Crippen LogP contribution in [0.1, 0.15) is 24.8 Å². The Hall–Kier alpha value is -1.21. The number of rotatable bonds is 3. The van der Waals surface area contributed by atoms with Crippen molar-refractivity contribution in [2.24, 2.45) is 0 Å². The number of pyridine rings is 1. The number of aromatic nitrogens is 1. The summed E-state index contributed by atoms with van der Waals surface area (Å²) in [6.45, 7) is 0.913. The van der Waals surface area contributed by atoms with E-state index in [1.165, 1.54) is 25.0 Å². The van der Waals surface area contributed by atoms with Crippen molar-refractivity contribution in [2.45, 2.75) is 24.5 Å². The van der Waals surface area contributed by atoms with Crippen molar-refractivity contribution in [3.8, 4) is 6.07 Å². The summed E-state index contributed by atoms with van der Waals surface area (Å²) in [5, 5.41) is 12.9. The lowest BCUT2D eigenvalue weighted by Crippen LogP contribution is -2.20. The van der Waals surface area contributed by atoms with Crippen molar-refractivity contribution >= 4 is 17.6 Å². The van der Waals surface area contributed by atoms with Crippen LogP contribution in [0.3, 0.4) is 0 Å². The third kappa shape index (κ3) is 2.89. The van der Waals surface area contributed by atoms with Crippen LogP contribution in [0, 0.1) is 11.3 Å². The maximum absolute atomic E-state index is 8.92. The molecule has 0 aliphatic carbocycles. The van der Waals surface area contributed by atoms with Gasteiger partial charge in [-0.1, -0.05) is 6.42 Å². The predicted octanol–water partition coefficient (Wildman–Crippen LogP) is 2.65. The summed E-state index contributed by atoms with van der Waals surface area (Å²) in [4.78, 5) is 4.19. The second kappa shape index (κ2) is 5.76. The molecular weight excluding hydrogens is 218 g/mol. The molecular formula is C12H15N3S. The first-order valence-corrected chi connectivity index (χ1v) is 6.65. The number of nitrogens with zero attached hydrogens (tertiary/aromatic N) is 2. The molecule has 84 valence electrons. The van der Waals surface area contributed by atoms with Gasteiger partial charge in [-0.25, -0.2) is 4.98 Å². The number of nitrogens with one attached hydrogen (secondary N) is 1. The molecule has 4 heteroatoms. The maximum Gasteiger partial charge on any atom is 0.143 e. The van der Waals surface area contributed by atoms with Crippen LogP contribution in [0.2, 0.25) is 0 Å². The highest BCUT2D eigenvalue weighted by Gasteiger charge is 2.14. The molecule has 1 N–H and O–H groups in total. The summed E-state index contributed by atoms with van der Waals surface area (Å²) in [6, 6.07) is 5.74. The van der Waals surface area contributed by atoms with Crippen LogP contribution in [0.25, 0.3) is 0 Å². The second-order valence-corrected chi connectivity index (χ2v) is 5.29. The molecule has 0 saturated carbocycles. The van der Waals surface area contributed by atoms with Gasteiger partial charge in [0.25, 0.3) is 0 Å². The van der Waals surface area contributed by atoms with E-state index in [1.54, 1.807) is 18.3 Å². The van der Waals surface area contributed by atoms with E-state index in [1.807, 2.05) is 11.8 Å². The standard InChI is InChI=1S/C12H15N3S/c13-8-10-4-3-6-14-12(10)15-9-11-5-1-2-7-16-11/h3-4,6,11H,1-2,5,7,9H2,(H,14,15). The molecule has 1 aliphatic rings. The molecule has 1 fully saturated rings. The normalized spacial score (nSPS) is 20.1. The number of hydrogen-bond donors (Lipinski definition) is 1. The molecule has 1 aromatic heterocycles. The lowest BCUT2D eigenvalue weighted by Gasteiger charge is -2.21. The zero-order valence-corrected chi connectivity index (χ0v) is 9.96. The summed E-state index contributed by atoms with van der Waals surface area (Å²) in [5.74, 6) is 1.98. The third-order valence-electron chi connectivity index (χ3n) is 2.70. The Morgan fingerprint density at radius 3 is 3.25 bits per heavy atom. The first-order valence-electron chi connectivity index (χ1n) is 5.61. The van der Waals surface area contributed by atoms with Gasteiger partial charge in [-0.15, -0.1) is 0 Å². The average Bonchev–Trinajstić information content (AvgIpc) is 2.38. The molecule has 0 spiro atoms. The molecule has 0 radical (unpaired) electrons. The van der Waals surface area contributed by atoms with Crippen molar-refractivity contribution < 1.29 is 0 Å². The first kappa shape index (κ1) is 11.3. The molecule has 0 amide bonds. The SMILES string of the molecule is N#Cc1cccnc1NCC1CCCCS1. The minimum atomic E-state index is 0.628. The Bertz CT molecular complexity index is 380. The quantitative estimate of drug-likeness (QED) is 0.872. The lowest BCUT2D eigenvalue weighted by atomic mass is 10.2. The predicted molar refractivity (Wildman–Crippen MR) is 67.5 cm³/mol. The summed E-state index contributed by atoms with van der Waals surface area (Å²) >= 11 is 2.02. The molecule has 2 rings (SSSR count). The fraction of sp³-hybridized carbons (Fsp3) is 0.500. The number of thioether (sulfide) groups is 1. The third-order valence-corrected chi connectivity index (χ3v) is 4.10. The van der Waals surface area contributed by atoms with Crippen molar-refractivity contribution in [1.82, 2.24) is 4.98 Å². The Balaban J connectivity index is 1.91. The lowest BCUT2D eigenvalue weighted by molar-refractivity contribution is 0.677. The van der Waals surface area contributed by atoms with Gasteiger partial charge in [-0.2, -0.15) is 17.0 Å². The fourth-order valence-electron chi connectivity index (χ4n) is 1.82. The molecule has 2 heterocycles. The van der Waals surface area contributed by atoms with E-state index < -0.39 is 0 Å². The zero-order chi connectivity index (χ0) is 11.2. The van der Waals surface area contributed by atoms with Crippen LogP contribution in [-0.4, -0.2) is 22.5 Å². The largest absolute Gasteiger partial charge is 0.368 e. The first-order chi connectivity index (χ1) is 7.90. The molecule has 1 aromatic rings. The minimum absolute atomic E-state index is 0.628. The Labute approximate surface area is 100 Å². The van der Waals surface area contributed by atoms with Crippen LogP contribution >= 0.6 is 11.8 Å². The molecule has 0 aromatic carbocycles. The van der Waals surface area contributed by atoms with Gasteiger partial charge in [-0.3, -0.25) is 0 Å². The van der Waals surface area contributed by atoms with Crippen LogP contribution in [0.15, 0.2) is 18.3 Å². The van der Waals surface area contributed by atoms with Gasteiger partial charge in [0, 0.05) is 18.0 Å². The maximum atomic E-state index is 8.92. The molecule has 1 unspecified atom stereocenters. The highest BCUT2D eigenvalue weighted by Crippen LogP contribution is 2.25. The van der Waals surface area contributed by atoms with E-state index in [0.717, 1.165) is 12.4 Å². The number of hydrogen-bond acceptors (Lipinski definition) is 4. The second-order valence-electron chi connectivity index (χ2n) is 3.88. The molecule has 3 nitrogen and oxygen atoms in total. The van der Waals surface area contributed by atoms with Crippen molar-refractivity contribution in [2.75, 3.05) is 17.6 Å². The highest BCUT2D eigenvalue weighted by molar-refractivity contribution is 7.99. The molecule has 1 atom stereocenters. The minimum Gasteiger partial charge on any atom is -0.368 e. The monoisotopic (exact) mass is 233 g/mol. The fourth-order valence-corrected chi connectivity index (χ4v) is 3.05. The van der Waals surface area contributed by atoms with Crippen LogP contribution in [0.5, 0.6) is 0 Å². The number of anilines is 1. The molecule has 1 aliphatic heterocycles. The van der Waals surface area contributed by atoms with Crippen molar-refractivity contribution in [3.63, 3.8) is 0 Å². The van der Waals surface area contributed by atoms with Gasteiger partial charge in [0.15, 0.2) is 0 Å². The number of nitriles is 1. The summed E-state index contributed by atoms with van der Waals surface area (Å²) in [7, 11) is 0. The van der Waals surface area contributed by atoms with Gasteiger partial charge < -0.3 is 5.32 Å². The Kier molecular flexibility index (Phi) is 4.06. The highest BCUT2D eigenvalue weighted by atomic mass is 32.2. The van der Waals surface area contributed by atoms with Gasteiger partial charge in [0.05, 0.1) is 5.56 Å². The molecule has 1 saturated heterocycles. The Morgan fingerprint density at radius 2 is 2.50 bits per heavy atom. The van der Waals surface area contributed by atoms with Gasteiger partial charge in [0.2, 0.25) is 0 Å². The van der Waals surface area contributed by atoms with E-state index in [-0.39, 0.29) is 0 Å².